The molecule has 0 radical (unpaired) electrons. The van der Waals surface area contributed by atoms with Crippen LogP contribution in [-0.4, -0.2) is 10.8 Å². The Balaban J connectivity index is 2.18. The van der Waals surface area contributed by atoms with Gasteiger partial charge in [0.2, 0.25) is 5.78 Å². The van der Waals surface area contributed by atoms with Crippen molar-refractivity contribution in [2.75, 3.05) is 0 Å². The van der Waals surface area contributed by atoms with Gasteiger partial charge < -0.3 is 9.40 Å². The van der Waals surface area contributed by atoms with Gasteiger partial charge in [-0.15, -0.1) is 0 Å². The summed E-state index contributed by atoms with van der Waals surface area (Å²) in [6, 6.07) is 9.38. The third-order valence-corrected chi connectivity index (χ3v) is 2.83. The highest BCUT2D eigenvalue weighted by atomic mass is 16.3. The second-order valence-corrected chi connectivity index (χ2v) is 4.06. The number of ketones is 1. The Morgan fingerprint density at radius 3 is 2.94 bits per heavy atom. The first-order chi connectivity index (χ1) is 8.25. The van der Waals surface area contributed by atoms with Crippen molar-refractivity contribution in [2.45, 2.75) is 6.92 Å². The number of H-pyrrole nitrogens is 1. The fourth-order valence-corrected chi connectivity index (χ4v) is 1.96. The Morgan fingerprint density at radius 2 is 2.18 bits per heavy atom. The number of furan rings is 1. The predicted molar refractivity (Wildman–Crippen MR) is 65.2 cm³/mol. The Kier molecular flexibility index (Phi) is 2.11. The summed E-state index contributed by atoms with van der Waals surface area (Å²) in [5.41, 5.74) is 2.75. The number of aromatic amines is 1. The molecule has 3 nitrogen and oxygen atoms in total. The van der Waals surface area contributed by atoms with E-state index < -0.39 is 0 Å². The molecule has 0 saturated carbocycles. The fraction of sp³-hybridized carbons (Fsp3) is 0.0714. The van der Waals surface area contributed by atoms with Crippen LogP contribution in [0.2, 0.25) is 0 Å². The molecule has 84 valence electrons. The molecule has 0 amide bonds. The Morgan fingerprint density at radius 1 is 1.29 bits per heavy atom. The lowest BCUT2D eigenvalue weighted by Crippen LogP contribution is -1.98. The molecular formula is C14H11NO2. The maximum Gasteiger partial charge on any atom is 0.230 e. The highest BCUT2D eigenvalue weighted by molar-refractivity contribution is 6.15. The number of carbonyl (C=O) groups excluding carboxylic acids is 1. The van der Waals surface area contributed by atoms with Crippen molar-refractivity contribution < 1.29 is 9.21 Å². The number of rotatable bonds is 2. The zero-order valence-corrected chi connectivity index (χ0v) is 9.36. The minimum absolute atomic E-state index is 0.0909. The van der Waals surface area contributed by atoms with Gasteiger partial charge in [-0.1, -0.05) is 11.6 Å². The molecule has 0 bridgehead atoms. The van der Waals surface area contributed by atoms with Crippen LogP contribution >= 0.6 is 0 Å². The lowest BCUT2D eigenvalue weighted by Gasteiger charge is -1.97. The van der Waals surface area contributed by atoms with Gasteiger partial charge in [-0.2, -0.15) is 0 Å². The van der Waals surface area contributed by atoms with Crippen LogP contribution in [0.25, 0.3) is 10.9 Å². The summed E-state index contributed by atoms with van der Waals surface area (Å²) in [5.74, 6) is 0.277. The largest absolute Gasteiger partial charge is 0.461 e. The lowest BCUT2D eigenvalue weighted by atomic mass is 10.1. The molecule has 3 aromatic rings. The van der Waals surface area contributed by atoms with Crippen molar-refractivity contribution in [3.05, 3.63) is 59.7 Å². The zero-order valence-electron chi connectivity index (χ0n) is 9.36. The summed E-state index contributed by atoms with van der Waals surface area (Å²) in [4.78, 5) is 15.3. The van der Waals surface area contributed by atoms with Crippen molar-refractivity contribution in [1.82, 2.24) is 4.98 Å². The maximum absolute atomic E-state index is 12.2. The van der Waals surface area contributed by atoms with E-state index in [9.17, 15) is 4.79 Å². The first kappa shape index (κ1) is 9.90. The van der Waals surface area contributed by atoms with Gasteiger partial charge in [-0.3, -0.25) is 4.79 Å². The normalized spacial score (nSPS) is 10.9. The maximum atomic E-state index is 12.2. The molecule has 1 N–H and O–H groups in total. The van der Waals surface area contributed by atoms with Gasteiger partial charge in [0.1, 0.15) is 0 Å². The van der Waals surface area contributed by atoms with E-state index >= 15 is 0 Å². The molecule has 0 fully saturated rings. The van der Waals surface area contributed by atoms with Crippen molar-refractivity contribution in [2.24, 2.45) is 0 Å². The van der Waals surface area contributed by atoms with Crippen LogP contribution in [0, 0.1) is 6.92 Å². The molecule has 1 aromatic carbocycles. The standard InChI is InChI=1S/C14H11NO2/c1-9-4-5-12-10(7-9)11(8-15-12)14(16)13-3-2-6-17-13/h2-8,15H,1H3. The average molecular weight is 225 g/mol. The minimum atomic E-state index is -0.0909. The van der Waals surface area contributed by atoms with Crippen molar-refractivity contribution in [1.29, 1.82) is 0 Å². The summed E-state index contributed by atoms with van der Waals surface area (Å²) in [6.45, 7) is 2.01. The quantitative estimate of drug-likeness (QED) is 0.680. The van der Waals surface area contributed by atoms with Gasteiger partial charge in [0.25, 0.3) is 0 Å². The number of fused-ring (bicyclic) bond motifs is 1. The molecule has 0 aliphatic rings. The van der Waals surface area contributed by atoms with Crippen LogP contribution in [0.4, 0.5) is 0 Å². The average Bonchev–Trinajstić information content (AvgIpc) is 2.97. The number of aryl methyl sites for hydroxylation is 1. The Hall–Kier alpha value is -2.29. The first-order valence-electron chi connectivity index (χ1n) is 5.41. The summed E-state index contributed by atoms with van der Waals surface area (Å²) in [7, 11) is 0. The summed E-state index contributed by atoms with van der Waals surface area (Å²) >= 11 is 0. The van der Waals surface area contributed by atoms with Crippen molar-refractivity contribution >= 4 is 16.7 Å². The van der Waals surface area contributed by atoms with E-state index in [0.717, 1.165) is 16.5 Å². The van der Waals surface area contributed by atoms with Gasteiger partial charge in [-0.05, 0) is 31.2 Å². The van der Waals surface area contributed by atoms with Crippen LogP contribution in [0.1, 0.15) is 21.7 Å². The van der Waals surface area contributed by atoms with E-state index in [1.807, 2.05) is 25.1 Å². The third-order valence-electron chi connectivity index (χ3n) is 2.83. The van der Waals surface area contributed by atoms with E-state index in [0.29, 0.717) is 11.3 Å². The predicted octanol–water partition coefficient (Wildman–Crippen LogP) is 3.30. The van der Waals surface area contributed by atoms with Gasteiger partial charge in [0, 0.05) is 17.1 Å². The van der Waals surface area contributed by atoms with Gasteiger partial charge in [0.15, 0.2) is 5.76 Å². The number of aromatic nitrogens is 1. The number of hydrogen-bond acceptors (Lipinski definition) is 2. The van der Waals surface area contributed by atoms with Crippen LogP contribution < -0.4 is 0 Å². The second kappa shape index (κ2) is 3.63. The summed E-state index contributed by atoms with van der Waals surface area (Å²) in [6.07, 6.45) is 3.24. The molecule has 0 saturated heterocycles. The molecule has 0 spiro atoms. The Bertz CT molecular complexity index is 677. The zero-order chi connectivity index (χ0) is 11.8. The number of hydrogen-bond donors (Lipinski definition) is 1. The van der Waals surface area contributed by atoms with E-state index in [1.54, 1.807) is 18.3 Å². The lowest BCUT2D eigenvalue weighted by molar-refractivity contribution is 0.101. The van der Waals surface area contributed by atoms with Gasteiger partial charge in [-0.25, -0.2) is 0 Å². The topological polar surface area (TPSA) is 46.0 Å². The molecule has 2 aromatic heterocycles. The van der Waals surface area contributed by atoms with Gasteiger partial charge >= 0.3 is 0 Å². The second-order valence-electron chi connectivity index (χ2n) is 4.06. The summed E-state index contributed by atoms with van der Waals surface area (Å²) < 4.78 is 5.13. The van der Waals surface area contributed by atoms with Crippen LogP contribution in [0.3, 0.4) is 0 Å². The van der Waals surface area contributed by atoms with Crippen LogP contribution in [-0.2, 0) is 0 Å². The first-order valence-corrected chi connectivity index (χ1v) is 5.41. The van der Waals surface area contributed by atoms with E-state index in [-0.39, 0.29) is 5.78 Å². The SMILES string of the molecule is Cc1ccc2[nH]cc(C(=O)c3ccco3)c2c1. The summed E-state index contributed by atoms with van der Waals surface area (Å²) in [5, 5.41) is 0.936. The van der Waals surface area contributed by atoms with Crippen molar-refractivity contribution in [3.63, 3.8) is 0 Å². The van der Waals surface area contributed by atoms with E-state index in [2.05, 4.69) is 4.98 Å². The smallest absolute Gasteiger partial charge is 0.230 e. The molecule has 0 aliphatic carbocycles. The van der Waals surface area contributed by atoms with Crippen LogP contribution in [0.15, 0.2) is 47.2 Å². The molecule has 17 heavy (non-hydrogen) atoms. The van der Waals surface area contributed by atoms with E-state index in [1.165, 1.54) is 6.26 Å². The van der Waals surface area contributed by atoms with Crippen LogP contribution in [0.5, 0.6) is 0 Å². The Labute approximate surface area is 98.1 Å². The van der Waals surface area contributed by atoms with E-state index in [4.69, 9.17) is 4.42 Å². The fourth-order valence-electron chi connectivity index (χ4n) is 1.96. The molecule has 0 unspecified atom stereocenters. The minimum Gasteiger partial charge on any atom is -0.461 e. The monoisotopic (exact) mass is 225 g/mol. The molecule has 0 aliphatic heterocycles. The molecule has 3 rings (SSSR count). The highest BCUT2D eigenvalue weighted by Crippen LogP contribution is 2.22. The number of nitrogens with one attached hydrogen (secondary N) is 1. The van der Waals surface area contributed by atoms with Crippen molar-refractivity contribution in [3.8, 4) is 0 Å². The molecular weight excluding hydrogens is 214 g/mol. The molecule has 0 atom stereocenters. The van der Waals surface area contributed by atoms with Gasteiger partial charge in [0.05, 0.1) is 11.8 Å². The highest BCUT2D eigenvalue weighted by Gasteiger charge is 2.16. The molecule has 2 heterocycles. The molecule has 3 heteroatoms. The number of benzene rings is 1. The number of carbonyl (C=O) groups is 1. The third kappa shape index (κ3) is 1.56.